The lowest BCUT2D eigenvalue weighted by molar-refractivity contribution is 0.865. The van der Waals surface area contributed by atoms with Crippen LogP contribution in [0.4, 0.5) is 5.69 Å². The molecule has 78 valence electrons. The summed E-state index contributed by atoms with van der Waals surface area (Å²) in [5.74, 6) is 0.525. The second-order valence-corrected chi connectivity index (χ2v) is 4.89. The molecular formula is C11H16ClNS. The zero-order valence-corrected chi connectivity index (χ0v) is 10.6. The lowest BCUT2D eigenvalue weighted by Gasteiger charge is -2.21. The van der Waals surface area contributed by atoms with E-state index in [1.54, 1.807) is 11.9 Å². The van der Waals surface area contributed by atoms with E-state index >= 15 is 0 Å². The molecule has 0 aliphatic rings. The summed E-state index contributed by atoms with van der Waals surface area (Å²) < 4.78 is 2.14. The van der Waals surface area contributed by atoms with Gasteiger partial charge < -0.3 is 4.31 Å². The maximum absolute atomic E-state index is 5.99. The fraction of sp³-hybridized carbons (Fsp3) is 0.455. The molecule has 0 saturated carbocycles. The molecule has 0 N–H and O–H groups in total. The van der Waals surface area contributed by atoms with Crippen LogP contribution < -0.4 is 4.31 Å². The molecule has 0 bridgehead atoms. The number of halogens is 1. The van der Waals surface area contributed by atoms with Gasteiger partial charge in [0.2, 0.25) is 0 Å². The van der Waals surface area contributed by atoms with Gasteiger partial charge in [0.15, 0.2) is 0 Å². The van der Waals surface area contributed by atoms with E-state index in [4.69, 9.17) is 11.6 Å². The summed E-state index contributed by atoms with van der Waals surface area (Å²) >= 11 is 7.68. The smallest absolute Gasteiger partial charge is 0.0515 e. The third-order valence-corrected chi connectivity index (χ3v) is 3.21. The van der Waals surface area contributed by atoms with Crippen LogP contribution in [-0.2, 0) is 0 Å². The zero-order valence-electron chi connectivity index (χ0n) is 9.04. The van der Waals surface area contributed by atoms with Gasteiger partial charge in [-0.25, -0.2) is 0 Å². The number of hydrogen-bond acceptors (Lipinski definition) is 2. The first kappa shape index (κ1) is 11.7. The summed E-state index contributed by atoms with van der Waals surface area (Å²) in [6.07, 6.45) is 2.06. The van der Waals surface area contributed by atoms with Crippen molar-refractivity contribution in [3.05, 3.63) is 28.8 Å². The van der Waals surface area contributed by atoms with Gasteiger partial charge in [0, 0.05) is 18.3 Å². The summed E-state index contributed by atoms with van der Waals surface area (Å²) in [6.45, 7) is 4.39. The highest BCUT2D eigenvalue weighted by Crippen LogP contribution is 2.31. The molecule has 1 aromatic carbocycles. The molecule has 1 rings (SSSR count). The van der Waals surface area contributed by atoms with Crippen molar-refractivity contribution in [2.24, 2.45) is 0 Å². The third-order valence-electron chi connectivity index (χ3n) is 2.23. The first-order valence-electron chi connectivity index (χ1n) is 4.63. The number of benzene rings is 1. The lowest BCUT2D eigenvalue weighted by Crippen LogP contribution is -2.08. The fourth-order valence-electron chi connectivity index (χ4n) is 1.38. The molecule has 0 aromatic heterocycles. The maximum atomic E-state index is 5.99. The monoisotopic (exact) mass is 229 g/mol. The molecule has 0 radical (unpaired) electrons. The van der Waals surface area contributed by atoms with E-state index < -0.39 is 0 Å². The molecule has 0 aliphatic heterocycles. The van der Waals surface area contributed by atoms with Crippen LogP contribution >= 0.6 is 23.5 Å². The van der Waals surface area contributed by atoms with E-state index in [1.165, 1.54) is 11.3 Å². The van der Waals surface area contributed by atoms with Crippen molar-refractivity contribution in [3.8, 4) is 0 Å². The average Bonchev–Trinajstić information content (AvgIpc) is 2.16. The van der Waals surface area contributed by atoms with E-state index in [9.17, 15) is 0 Å². The molecule has 0 amide bonds. The Morgan fingerprint density at radius 1 is 1.36 bits per heavy atom. The van der Waals surface area contributed by atoms with E-state index in [-0.39, 0.29) is 0 Å². The minimum atomic E-state index is 0.525. The van der Waals surface area contributed by atoms with Crippen molar-refractivity contribution < 1.29 is 0 Å². The topological polar surface area (TPSA) is 3.24 Å². The first-order chi connectivity index (χ1) is 6.56. The summed E-state index contributed by atoms with van der Waals surface area (Å²) in [5.41, 5.74) is 2.55. The average molecular weight is 230 g/mol. The fourth-order valence-corrected chi connectivity index (χ4v) is 1.90. The highest BCUT2D eigenvalue weighted by atomic mass is 35.5. The summed E-state index contributed by atoms with van der Waals surface area (Å²) in [5, 5.41) is 0.797. The maximum Gasteiger partial charge on any atom is 0.0515 e. The van der Waals surface area contributed by atoms with Crippen LogP contribution in [0.5, 0.6) is 0 Å². The van der Waals surface area contributed by atoms with E-state index in [2.05, 4.69) is 37.5 Å². The standard InChI is InChI=1S/C11H16ClNS/c1-8(2)10-6-5-9(12)7-11(10)13(3)14-4/h5-8H,1-4H3. The Morgan fingerprint density at radius 3 is 2.50 bits per heavy atom. The Hall–Kier alpha value is -0.340. The Kier molecular flexibility index (Phi) is 4.14. The Labute approximate surface area is 95.6 Å². The van der Waals surface area contributed by atoms with Crippen LogP contribution in [0.25, 0.3) is 0 Å². The van der Waals surface area contributed by atoms with Gasteiger partial charge in [-0.15, -0.1) is 0 Å². The predicted octanol–water partition coefficient (Wildman–Crippen LogP) is 4.18. The van der Waals surface area contributed by atoms with Crippen LogP contribution in [0.1, 0.15) is 25.3 Å². The van der Waals surface area contributed by atoms with E-state index in [0.29, 0.717) is 5.92 Å². The van der Waals surface area contributed by atoms with Crippen LogP contribution in [0.15, 0.2) is 18.2 Å². The van der Waals surface area contributed by atoms with Crippen LogP contribution in [0, 0.1) is 0 Å². The second-order valence-electron chi connectivity index (χ2n) is 3.54. The van der Waals surface area contributed by atoms with Gasteiger partial charge in [0.25, 0.3) is 0 Å². The van der Waals surface area contributed by atoms with Crippen molar-refractivity contribution in [1.29, 1.82) is 0 Å². The molecule has 0 atom stereocenters. The SMILES string of the molecule is CSN(C)c1cc(Cl)ccc1C(C)C. The molecule has 0 unspecified atom stereocenters. The molecule has 3 heteroatoms. The van der Waals surface area contributed by atoms with Gasteiger partial charge in [-0.2, -0.15) is 0 Å². The molecular weight excluding hydrogens is 214 g/mol. The minimum Gasteiger partial charge on any atom is -0.319 e. The molecule has 0 heterocycles. The predicted molar refractivity (Wildman–Crippen MR) is 67.5 cm³/mol. The summed E-state index contributed by atoms with van der Waals surface area (Å²) in [6, 6.07) is 6.08. The van der Waals surface area contributed by atoms with Gasteiger partial charge >= 0.3 is 0 Å². The molecule has 0 spiro atoms. The zero-order chi connectivity index (χ0) is 10.7. The molecule has 14 heavy (non-hydrogen) atoms. The normalized spacial score (nSPS) is 10.7. The largest absolute Gasteiger partial charge is 0.319 e. The first-order valence-corrected chi connectivity index (χ1v) is 6.19. The number of nitrogens with zero attached hydrogens (tertiary/aromatic N) is 1. The molecule has 1 aromatic rings. The van der Waals surface area contributed by atoms with Crippen molar-refractivity contribution in [2.75, 3.05) is 17.6 Å². The molecule has 1 nitrogen and oxygen atoms in total. The molecule has 0 aliphatic carbocycles. The van der Waals surface area contributed by atoms with Crippen LogP contribution in [-0.4, -0.2) is 13.3 Å². The summed E-state index contributed by atoms with van der Waals surface area (Å²) in [7, 11) is 2.06. The number of hydrogen-bond donors (Lipinski definition) is 0. The molecule has 0 saturated heterocycles. The van der Waals surface area contributed by atoms with Gasteiger partial charge in [-0.3, -0.25) is 0 Å². The third kappa shape index (κ3) is 2.58. The van der Waals surface area contributed by atoms with Crippen molar-refractivity contribution in [2.45, 2.75) is 19.8 Å². The van der Waals surface area contributed by atoms with Gasteiger partial charge in [-0.1, -0.05) is 43.5 Å². The van der Waals surface area contributed by atoms with Crippen LogP contribution in [0.3, 0.4) is 0 Å². The molecule has 0 fully saturated rings. The van der Waals surface area contributed by atoms with Crippen LogP contribution in [0.2, 0.25) is 5.02 Å². The Morgan fingerprint density at radius 2 is 2.00 bits per heavy atom. The number of rotatable bonds is 3. The minimum absolute atomic E-state index is 0.525. The van der Waals surface area contributed by atoms with Gasteiger partial charge in [0.05, 0.1) is 5.69 Å². The highest BCUT2D eigenvalue weighted by Gasteiger charge is 2.10. The van der Waals surface area contributed by atoms with Crippen molar-refractivity contribution >= 4 is 29.2 Å². The van der Waals surface area contributed by atoms with Gasteiger partial charge in [0.1, 0.15) is 0 Å². The van der Waals surface area contributed by atoms with E-state index in [0.717, 1.165) is 5.02 Å². The van der Waals surface area contributed by atoms with Gasteiger partial charge in [-0.05, 0) is 23.6 Å². The number of anilines is 1. The highest BCUT2D eigenvalue weighted by molar-refractivity contribution is 7.99. The van der Waals surface area contributed by atoms with E-state index in [1.807, 2.05) is 12.1 Å². The quantitative estimate of drug-likeness (QED) is 0.716. The lowest BCUT2D eigenvalue weighted by atomic mass is 10.0. The Balaban J connectivity index is 3.15. The second kappa shape index (κ2) is 4.94. The summed E-state index contributed by atoms with van der Waals surface area (Å²) in [4.78, 5) is 0. The van der Waals surface area contributed by atoms with Crippen molar-refractivity contribution in [3.63, 3.8) is 0 Å². The van der Waals surface area contributed by atoms with Crippen molar-refractivity contribution in [1.82, 2.24) is 0 Å². The Bertz CT molecular complexity index is 312.